The van der Waals surface area contributed by atoms with Gasteiger partial charge >= 0.3 is 0 Å². The number of alkyl halides is 1. The zero-order valence-electron chi connectivity index (χ0n) is 8.08. The smallest absolute Gasteiger partial charge is 0.213 e. The summed E-state index contributed by atoms with van der Waals surface area (Å²) >= 11 is 5.73. The van der Waals surface area contributed by atoms with Gasteiger partial charge in [0.25, 0.3) is 0 Å². The molecule has 0 amide bonds. The maximum Gasteiger partial charge on any atom is 0.213 e. The standard InChI is InChI=1S/C11H14ClNO/c12-8-9-5-6-13-11(7-9)14-10-3-1-2-4-10/h5-7,10H,1-4,8H2. The third kappa shape index (κ3) is 2.38. The molecule has 2 nitrogen and oxygen atoms in total. The molecule has 1 aromatic heterocycles. The second-order valence-electron chi connectivity index (χ2n) is 3.66. The molecule has 1 aliphatic carbocycles. The fourth-order valence-electron chi connectivity index (χ4n) is 1.77. The number of aromatic nitrogens is 1. The van der Waals surface area contributed by atoms with E-state index >= 15 is 0 Å². The molecule has 0 radical (unpaired) electrons. The van der Waals surface area contributed by atoms with Crippen molar-refractivity contribution in [2.75, 3.05) is 0 Å². The highest BCUT2D eigenvalue weighted by Gasteiger charge is 2.16. The molecule has 14 heavy (non-hydrogen) atoms. The predicted octanol–water partition coefficient (Wildman–Crippen LogP) is 3.14. The summed E-state index contributed by atoms with van der Waals surface area (Å²) in [4.78, 5) is 4.17. The molecule has 3 heteroatoms. The number of hydrogen-bond donors (Lipinski definition) is 0. The molecule has 1 fully saturated rings. The van der Waals surface area contributed by atoms with Gasteiger partial charge in [-0.2, -0.15) is 0 Å². The Morgan fingerprint density at radius 1 is 1.43 bits per heavy atom. The Balaban J connectivity index is 2.00. The van der Waals surface area contributed by atoms with Gasteiger partial charge in [0.1, 0.15) is 6.10 Å². The Kier molecular flexibility index (Phi) is 3.25. The zero-order chi connectivity index (χ0) is 9.80. The van der Waals surface area contributed by atoms with E-state index in [9.17, 15) is 0 Å². The molecule has 0 atom stereocenters. The Bertz CT molecular complexity index is 297. The topological polar surface area (TPSA) is 22.1 Å². The monoisotopic (exact) mass is 211 g/mol. The molecule has 0 unspecified atom stereocenters. The first-order valence-corrected chi connectivity index (χ1v) is 5.59. The zero-order valence-corrected chi connectivity index (χ0v) is 8.83. The van der Waals surface area contributed by atoms with Crippen molar-refractivity contribution < 1.29 is 4.74 Å². The second-order valence-corrected chi connectivity index (χ2v) is 3.93. The van der Waals surface area contributed by atoms with Gasteiger partial charge in [0.2, 0.25) is 5.88 Å². The molecular weight excluding hydrogens is 198 g/mol. The number of ether oxygens (including phenoxy) is 1. The van der Waals surface area contributed by atoms with Crippen LogP contribution in [0.1, 0.15) is 31.2 Å². The van der Waals surface area contributed by atoms with Crippen molar-refractivity contribution in [2.24, 2.45) is 0 Å². The van der Waals surface area contributed by atoms with Gasteiger partial charge < -0.3 is 4.74 Å². The van der Waals surface area contributed by atoms with Gasteiger partial charge in [0.15, 0.2) is 0 Å². The average Bonchev–Trinajstić information content (AvgIpc) is 2.71. The summed E-state index contributed by atoms with van der Waals surface area (Å²) < 4.78 is 5.75. The fourth-order valence-corrected chi connectivity index (χ4v) is 1.94. The van der Waals surface area contributed by atoms with E-state index in [-0.39, 0.29) is 0 Å². The molecule has 1 heterocycles. The van der Waals surface area contributed by atoms with Crippen molar-refractivity contribution in [3.05, 3.63) is 23.9 Å². The van der Waals surface area contributed by atoms with E-state index in [4.69, 9.17) is 16.3 Å². The van der Waals surface area contributed by atoms with Crippen LogP contribution in [0.2, 0.25) is 0 Å². The predicted molar refractivity (Wildman–Crippen MR) is 56.7 cm³/mol. The van der Waals surface area contributed by atoms with Crippen molar-refractivity contribution in [3.8, 4) is 5.88 Å². The summed E-state index contributed by atoms with van der Waals surface area (Å²) in [6.07, 6.45) is 6.99. The van der Waals surface area contributed by atoms with Gasteiger partial charge in [-0.05, 0) is 37.3 Å². The van der Waals surface area contributed by atoms with E-state index < -0.39 is 0 Å². The van der Waals surface area contributed by atoms with Gasteiger partial charge in [-0.15, -0.1) is 11.6 Å². The lowest BCUT2D eigenvalue weighted by molar-refractivity contribution is 0.201. The summed E-state index contributed by atoms with van der Waals surface area (Å²) in [7, 11) is 0. The first kappa shape index (κ1) is 9.78. The highest BCUT2D eigenvalue weighted by molar-refractivity contribution is 6.17. The molecular formula is C11H14ClNO. The Morgan fingerprint density at radius 2 is 2.21 bits per heavy atom. The Labute approximate surface area is 89.3 Å². The molecule has 1 aromatic rings. The number of pyridine rings is 1. The van der Waals surface area contributed by atoms with Crippen LogP contribution in [0, 0.1) is 0 Å². The molecule has 76 valence electrons. The van der Waals surface area contributed by atoms with Gasteiger partial charge in [-0.3, -0.25) is 0 Å². The van der Waals surface area contributed by atoms with Crippen molar-refractivity contribution >= 4 is 11.6 Å². The summed E-state index contributed by atoms with van der Waals surface area (Å²) in [5, 5.41) is 0. The van der Waals surface area contributed by atoms with Crippen molar-refractivity contribution in [1.29, 1.82) is 0 Å². The number of rotatable bonds is 3. The van der Waals surface area contributed by atoms with Crippen LogP contribution in [-0.4, -0.2) is 11.1 Å². The lowest BCUT2D eigenvalue weighted by Gasteiger charge is -2.11. The lowest BCUT2D eigenvalue weighted by atomic mass is 10.3. The minimum Gasteiger partial charge on any atom is -0.474 e. The fraction of sp³-hybridized carbons (Fsp3) is 0.545. The summed E-state index contributed by atoms with van der Waals surface area (Å²) in [6, 6.07) is 3.83. The lowest BCUT2D eigenvalue weighted by Crippen LogP contribution is -2.11. The van der Waals surface area contributed by atoms with Crippen LogP contribution in [0.15, 0.2) is 18.3 Å². The van der Waals surface area contributed by atoms with E-state index in [1.54, 1.807) is 6.20 Å². The van der Waals surface area contributed by atoms with Gasteiger partial charge in [0, 0.05) is 18.1 Å². The van der Waals surface area contributed by atoms with E-state index in [0.717, 1.165) is 24.3 Å². The minimum atomic E-state index is 0.369. The second kappa shape index (κ2) is 4.65. The summed E-state index contributed by atoms with van der Waals surface area (Å²) in [5.41, 5.74) is 1.06. The van der Waals surface area contributed by atoms with Crippen molar-refractivity contribution in [3.63, 3.8) is 0 Å². The maximum atomic E-state index is 5.75. The van der Waals surface area contributed by atoms with E-state index in [0.29, 0.717) is 12.0 Å². The number of nitrogens with zero attached hydrogens (tertiary/aromatic N) is 1. The van der Waals surface area contributed by atoms with E-state index in [2.05, 4.69) is 4.98 Å². The molecule has 0 N–H and O–H groups in total. The van der Waals surface area contributed by atoms with Crippen LogP contribution >= 0.6 is 11.6 Å². The normalized spacial score (nSPS) is 17.2. The minimum absolute atomic E-state index is 0.369. The molecule has 0 aromatic carbocycles. The maximum absolute atomic E-state index is 5.75. The van der Waals surface area contributed by atoms with E-state index in [1.165, 1.54) is 12.8 Å². The number of halogens is 1. The van der Waals surface area contributed by atoms with Crippen molar-refractivity contribution in [1.82, 2.24) is 4.98 Å². The molecule has 0 aliphatic heterocycles. The SMILES string of the molecule is ClCc1ccnc(OC2CCCC2)c1. The molecule has 2 rings (SSSR count). The van der Waals surface area contributed by atoms with Crippen LogP contribution in [0.25, 0.3) is 0 Å². The van der Waals surface area contributed by atoms with Gasteiger partial charge in [-0.25, -0.2) is 4.98 Å². The molecule has 1 saturated carbocycles. The molecule has 0 spiro atoms. The molecule has 0 bridgehead atoms. The van der Waals surface area contributed by atoms with Crippen LogP contribution in [-0.2, 0) is 5.88 Å². The van der Waals surface area contributed by atoms with Crippen molar-refractivity contribution in [2.45, 2.75) is 37.7 Å². The highest BCUT2D eigenvalue weighted by atomic mass is 35.5. The largest absolute Gasteiger partial charge is 0.474 e. The van der Waals surface area contributed by atoms with Crippen LogP contribution in [0.5, 0.6) is 5.88 Å². The third-order valence-corrected chi connectivity index (χ3v) is 2.85. The Morgan fingerprint density at radius 3 is 2.93 bits per heavy atom. The Hall–Kier alpha value is -0.760. The van der Waals surface area contributed by atoms with Crippen LogP contribution < -0.4 is 4.74 Å². The summed E-state index contributed by atoms with van der Waals surface area (Å²) in [6.45, 7) is 0. The average molecular weight is 212 g/mol. The van der Waals surface area contributed by atoms with Gasteiger partial charge in [-0.1, -0.05) is 0 Å². The van der Waals surface area contributed by atoms with Crippen LogP contribution in [0.4, 0.5) is 0 Å². The molecule has 0 saturated heterocycles. The van der Waals surface area contributed by atoms with E-state index in [1.807, 2.05) is 12.1 Å². The summed E-state index contributed by atoms with van der Waals surface area (Å²) in [5.74, 6) is 1.24. The highest BCUT2D eigenvalue weighted by Crippen LogP contribution is 2.23. The first-order valence-electron chi connectivity index (χ1n) is 5.06. The first-order chi connectivity index (χ1) is 6.88. The third-order valence-electron chi connectivity index (χ3n) is 2.54. The van der Waals surface area contributed by atoms with Crippen LogP contribution in [0.3, 0.4) is 0 Å². The quantitative estimate of drug-likeness (QED) is 0.717. The van der Waals surface area contributed by atoms with Gasteiger partial charge in [0.05, 0.1) is 0 Å². The number of hydrogen-bond acceptors (Lipinski definition) is 2. The molecule has 1 aliphatic rings.